The van der Waals surface area contributed by atoms with Crippen LogP contribution in [0, 0.1) is 0 Å². The monoisotopic (exact) mass is 421 g/mol. The van der Waals surface area contributed by atoms with Crippen LogP contribution >= 0.6 is 0 Å². The number of hydrogen-bond donors (Lipinski definition) is 3. The van der Waals surface area contributed by atoms with Crippen molar-refractivity contribution in [2.75, 3.05) is 36.3 Å². The summed E-state index contributed by atoms with van der Waals surface area (Å²) in [6.07, 6.45) is 1.67. The highest BCUT2D eigenvalue weighted by Crippen LogP contribution is 2.28. The second kappa shape index (κ2) is 11.3. The first kappa shape index (κ1) is 21.8. The molecule has 0 bridgehead atoms. The van der Waals surface area contributed by atoms with Gasteiger partial charge < -0.3 is 20.1 Å². The molecule has 3 N–H and O–H groups in total. The lowest BCUT2D eigenvalue weighted by atomic mass is 10.2. The van der Waals surface area contributed by atoms with Crippen molar-refractivity contribution in [3.05, 3.63) is 59.7 Å². The molecule has 0 aliphatic heterocycles. The summed E-state index contributed by atoms with van der Waals surface area (Å²) >= 11 is 0. The van der Waals surface area contributed by atoms with Crippen LogP contribution in [0.15, 0.2) is 53.6 Å². The number of anilines is 3. The topological polar surface area (TPSA) is 106 Å². The Morgan fingerprint density at radius 3 is 2.19 bits per heavy atom. The zero-order valence-electron chi connectivity index (χ0n) is 17.9. The molecule has 3 rings (SSSR count). The minimum absolute atomic E-state index is 0.340. The van der Waals surface area contributed by atoms with Crippen molar-refractivity contribution in [1.82, 2.24) is 15.0 Å². The van der Waals surface area contributed by atoms with Crippen molar-refractivity contribution in [3.8, 4) is 11.5 Å². The maximum Gasteiger partial charge on any atom is 0.250 e. The Hall–Kier alpha value is -3.88. The van der Waals surface area contributed by atoms with Gasteiger partial charge in [-0.25, -0.2) is 5.43 Å². The summed E-state index contributed by atoms with van der Waals surface area (Å²) in [4.78, 5) is 12.9. The molecule has 0 amide bonds. The van der Waals surface area contributed by atoms with Gasteiger partial charge >= 0.3 is 0 Å². The average Bonchev–Trinajstić information content (AvgIpc) is 2.79. The Kier molecular flexibility index (Phi) is 7.98. The van der Waals surface area contributed by atoms with E-state index >= 15 is 0 Å². The molecular weight excluding hydrogens is 394 g/mol. The first-order valence-electron chi connectivity index (χ1n) is 10.1. The van der Waals surface area contributed by atoms with E-state index in [0.717, 1.165) is 11.1 Å². The third-order valence-corrected chi connectivity index (χ3v) is 4.11. The molecule has 0 saturated heterocycles. The molecule has 9 nitrogen and oxygen atoms in total. The van der Waals surface area contributed by atoms with Crippen LogP contribution in [0.1, 0.15) is 25.0 Å². The average molecular weight is 422 g/mol. The zero-order chi connectivity index (χ0) is 21.9. The van der Waals surface area contributed by atoms with Crippen molar-refractivity contribution in [2.24, 2.45) is 5.10 Å². The van der Waals surface area contributed by atoms with Crippen molar-refractivity contribution in [1.29, 1.82) is 0 Å². The van der Waals surface area contributed by atoms with Gasteiger partial charge in [0.05, 0.1) is 13.3 Å². The van der Waals surface area contributed by atoms with E-state index in [2.05, 4.69) is 36.1 Å². The Labute approximate surface area is 182 Å². The van der Waals surface area contributed by atoms with E-state index in [1.165, 1.54) is 0 Å². The van der Waals surface area contributed by atoms with Gasteiger partial charge in [0.1, 0.15) is 6.61 Å². The summed E-state index contributed by atoms with van der Waals surface area (Å²) in [5.41, 5.74) is 4.77. The van der Waals surface area contributed by atoms with Crippen LogP contribution in [-0.4, -0.2) is 41.4 Å². The van der Waals surface area contributed by atoms with Gasteiger partial charge in [-0.05, 0) is 43.2 Å². The van der Waals surface area contributed by atoms with Crippen LogP contribution < -0.4 is 25.5 Å². The first-order chi connectivity index (χ1) is 15.2. The lowest BCUT2D eigenvalue weighted by Crippen LogP contribution is -2.10. The van der Waals surface area contributed by atoms with Crippen LogP contribution in [-0.2, 0) is 6.61 Å². The fourth-order valence-corrected chi connectivity index (χ4v) is 2.69. The van der Waals surface area contributed by atoms with Gasteiger partial charge in [0.25, 0.3) is 0 Å². The number of methoxy groups -OCH3 is 1. The quantitative estimate of drug-likeness (QED) is 0.317. The largest absolute Gasteiger partial charge is 0.493 e. The second-order valence-electron chi connectivity index (χ2n) is 6.42. The maximum atomic E-state index is 5.95. The fourth-order valence-electron chi connectivity index (χ4n) is 2.69. The van der Waals surface area contributed by atoms with Crippen molar-refractivity contribution in [2.45, 2.75) is 20.5 Å². The second-order valence-corrected chi connectivity index (χ2v) is 6.42. The van der Waals surface area contributed by atoms with Crippen molar-refractivity contribution < 1.29 is 9.47 Å². The number of ether oxygens (including phenoxy) is 2. The minimum Gasteiger partial charge on any atom is -0.493 e. The van der Waals surface area contributed by atoms with Gasteiger partial charge in [-0.15, -0.1) is 0 Å². The standard InChI is InChI=1S/C22H27N7O2/c1-4-23-20-26-21(24-5-2)28-22(27-20)29-25-14-17-11-12-18(30-3)19(13-17)31-15-16-9-7-6-8-10-16/h6-14H,4-5,15H2,1-3H3,(H3,23,24,26,27,28,29)/b25-14+. The first-order valence-corrected chi connectivity index (χ1v) is 10.1. The van der Waals surface area contributed by atoms with Crippen molar-refractivity contribution in [3.63, 3.8) is 0 Å². The van der Waals surface area contributed by atoms with Crippen LogP contribution in [0.3, 0.4) is 0 Å². The minimum atomic E-state index is 0.340. The normalized spacial score (nSPS) is 10.7. The van der Waals surface area contributed by atoms with Gasteiger partial charge in [0.2, 0.25) is 17.8 Å². The third-order valence-electron chi connectivity index (χ3n) is 4.11. The molecule has 0 aliphatic carbocycles. The Morgan fingerprint density at radius 1 is 0.871 bits per heavy atom. The third kappa shape index (κ3) is 6.56. The Balaban J connectivity index is 1.70. The van der Waals surface area contributed by atoms with E-state index in [1.54, 1.807) is 13.3 Å². The van der Waals surface area contributed by atoms with Gasteiger partial charge in [0, 0.05) is 13.1 Å². The number of benzene rings is 2. The molecule has 0 fully saturated rings. The molecule has 0 unspecified atom stereocenters. The highest BCUT2D eigenvalue weighted by atomic mass is 16.5. The summed E-state index contributed by atoms with van der Waals surface area (Å²) < 4.78 is 11.4. The van der Waals surface area contributed by atoms with Gasteiger partial charge in [0.15, 0.2) is 11.5 Å². The van der Waals surface area contributed by atoms with Gasteiger partial charge in [-0.2, -0.15) is 20.1 Å². The highest BCUT2D eigenvalue weighted by molar-refractivity contribution is 5.81. The van der Waals surface area contributed by atoms with E-state index < -0.39 is 0 Å². The van der Waals surface area contributed by atoms with E-state index in [9.17, 15) is 0 Å². The van der Waals surface area contributed by atoms with Crippen LogP contribution in [0.4, 0.5) is 17.8 Å². The lowest BCUT2D eigenvalue weighted by Gasteiger charge is -2.11. The molecular formula is C22H27N7O2. The molecule has 9 heteroatoms. The summed E-state index contributed by atoms with van der Waals surface area (Å²) in [5.74, 6) is 2.59. The van der Waals surface area contributed by atoms with E-state index in [1.807, 2.05) is 62.4 Å². The van der Waals surface area contributed by atoms with E-state index in [4.69, 9.17) is 9.47 Å². The molecule has 31 heavy (non-hydrogen) atoms. The number of aromatic nitrogens is 3. The molecule has 0 radical (unpaired) electrons. The molecule has 1 heterocycles. The van der Waals surface area contributed by atoms with Gasteiger partial charge in [-0.1, -0.05) is 30.3 Å². The predicted molar refractivity (Wildman–Crippen MR) is 123 cm³/mol. The number of rotatable bonds is 11. The van der Waals surface area contributed by atoms with Crippen LogP contribution in [0.2, 0.25) is 0 Å². The Bertz CT molecular complexity index is 972. The SMILES string of the molecule is CCNc1nc(NCC)nc(N/N=C/c2ccc(OC)c(OCc3ccccc3)c2)n1. The summed E-state index contributed by atoms with van der Waals surface area (Å²) in [7, 11) is 1.62. The lowest BCUT2D eigenvalue weighted by molar-refractivity contribution is 0.284. The molecule has 162 valence electrons. The van der Waals surface area contributed by atoms with Crippen molar-refractivity contribution >= 4 is 24.1 Å². The number of nitrogens with zero attached hydrogens (tertiary/aromatic N) is 4. The number of hydrazone groups is 1. The molecule has 0 spiro atoms. The highest BCUT2D eigenvalue weighted by Gasteiger charge is 2.07. The predicted octanol–water partition coefficient (Wildman–Crippen LogP) is 3.77. The van der Waals surface area contributed by atoms with Crippen LogP contribution in [0.5, 0.6) is 11.5 Å². The molecule has 0 saturated carbocycles. The van der Waals surface area contributed by atoms with Gasteiger partial charge in [-0.3, -0.25) is 0 Å². The smallest absolute Gasteiger partial charge is 0.250 e. The van der Waals surface area contributed by atoms with Crippen LogP contribution in [0.25, 0.3) is 0 Å². The zero-order valence-corrected chi connectivity index (χ0v) is 17.9. The number of nitrogens with one attached hydrogen (secondary N) is 3. The fraction of sp³-hybridized carbons (Fsp3) is 0.273. The van der Waals surface area contributed by atoms with E-state index in [-0.39, 0.29) is 0 Å². The summed E-state index contributed by atoms with van der Waals surface area (Å²) in [6, 6.07) is 15.6. The summed E-state index contributed by atoms with van der Waals surface area (Å²) in [5, 5.41) is 10.4. The molecule has 2 aromatic carbocycles. The number of hydrogen-bond acceptors (Lipinski definition) is 9. The molecule has 1 aromatic heterocycles. The Morgan fingerprint density at radius 2 is 1.55 bits per heavy atom. The molecule has 3 aromatic rings. The summed E-state index contributed by atoms with van der Waals surface area (Å²) in [6.45, 7) is 5.80. The molecule has 0 aliphatic rings. The maximum absolute atomic E-state index is 5.95. The van der Waals surface area contributed by atoms with E-state index in [0.29, 0.717) is 49.0 Å². The molecule has 0 atom stereocenters.